The van der Waals surface area contributed by atoms with Crippen LogP contribution >= 0.6 is 0 Å². The van der Waals surface area contributed by atoms with E-state index in [0.29, 0.717) is 5.84 Å². The number of nitrogens with zero attached hydrogens (tertiary/aromatic N) is 1. The fraction of sp³-hybridized carbons (Fsp3) is 0.364. The largest absolute Gasteiger partial charge is 0.387 e. The zero-order valence-corrected chi connectivity index (χ0v) is 11.2. The Morgan fingerprint density at radius 1 is 1.27 bits per heavy atom. The quantitative estimate of drug-likeness (QED) is 0.620. The summed E-state index contributed by atoms with van der Waals surface area (Å²) in [6.07, 6.45) is 0. The molecule has 1 rings (SSSR count). The Labute approximate surface area is 104 Å². The van der Waals surface area contributed by atoms with Gasteiger partial charge in [-0.25, -0.2) is 4.99 Å². The number of hydrogen-bond donors (Lipinski definition) is 2. The first-order valence-electron chi connectivity index (χ1n) is 4.81. The van der Waals surface area contributed by atoms with Crippen LogP contribution in [0.4, 0.5) is 11.4 Å². The fourth-order valence-corrected chi connectivity index (χ4v) is 0.973. The van der Waals surface area contributed by atoms with Crippen LogP contribution in [0.5, 0.6) is 0 Å². The summed E-state index contributed by atoms with van der Waals surface area (Å²) in [5, 5.41) is 3.04. The summed E-state index contributed by atoms with van der Waals surface area (Å²) in [6, 6.07) is 7.77. The minimum Gasteiger partial charge on any atom is -0.387 e. The SMILES string of the molecule is CC.CNc1ccccc1N=C(C)N.[V]. The molecule has 0 aliphatic carbocycles. The smallest absolute Gasteiger partial charge is 0.0965 e. The second kappa shape index (κ2) is 9.62. The van der Waals surface area contributed by atoms with Gasteiger partial charge >= 0.3 is 0 Å². The molecule has 0 aliphatic rings. The summed E-state index contributed by atoms with van der Waals surface area (Å²) in [5.74, 6) is 0.567. The zero-order valence-electron chi connectivity index (χ0n) is 9.78. The van der Waals surface area contributed by atoms with Crippen molar-refractivity contribution >= 4 is 17.2 Å². The van der Waals surface area contributed by atoms with Crippen LogP contribution < -0.4 is 11.1 Å². The number of para-hydroxylation sites is 2. The fourth-order valence-electron chi connectivity index (χ4n) is 0.973. The van der Waals surface area contributed by atoms with Crippen LogP contribution in [0.25, 0.3) is 0 Å². The van der Waals surface area contributed by atoms with Crippen LogP contribution in [0.3, 0.4) is 0 Å². The molecule has 15 heavy (non-hydrogen) atoms. The molecule has 83 valence electrons. The molecule has 0 spiro atoms. The molecule has 0 aliphatic heterocycles. The van der Waals surface area contributed by atoms with Crippen LogP contribution in [0.2, 0.25) is 0 Å². The van der Waals surface area contributed by atoms with E-state index >= 15 is 0 Å². The molecule has 3 nitrogen and oxygen atoms in total. The third kappa shape index (κ3) is 6.21. The third-order valence-corrected chi connectivity index (χ3v) is 1.47. The topological polar surface area (TPSA) is 50.4 Å². The first-order chi connectivity index (χ1) is 6.74. The Kier molecular flexibility index (Phi) is 10.6. The van der Waals surface area contributed by atoms with Crippen LogP contribution in [-0.4, -0.2) is 12.9 Å². The summed E-state index contributed by atoms with van der Waals surface area (Å²) in [7, 11) is 1.86. The standard InChI is InChI=1S/C9H13N3.C2H6.V/c1-7(10)12-9-6-4-3-5-8(9)11-2;1-2;/h3-6,11H,1-2H3,(H2,10,12);1-2H3;. The number of nitrogens with two attached hydrogens (primary N) is 1. The average molecular weight is 244 g/mol. The molecule has 0 saturated heterocycles. The van der Waals surface area contributed by atoms with Crippen molar-refractivity contribution in [1.29, 1.82) is 0 Å². The van der Waals surface area contributed by atoms with Gasteiger partial charge in [0.1, 0.15) is 0 Å². The number of rotatable bonds is 2. The van der Waals surface area contributed by atoms with Gasteiger partial charge in [-0.1, -0.05) is 26.0 Å². The molecule has 0 heterocycles. The first-order valence-corrected chi connectivity index (χ1v) is 4.81. The zero-order chi connectivity index (χ0) is 11.0. The van der Waals surface area contributed by atoms with Gasteiger partial charge in [0.25, 0.3) is 0 Å². The molecule has 0 saturated carbocycles. The van der Waals surface area contributed by atoms with Crippen LogP contribution in [0, 0.1) is 0 Å². The van der Waals surface area contributed by atoms with Crippen molar-refractivity contribution in [2.24, 2.45) is 10.7 Å². The average Bonchev–Trinajstić information content (AvgIpc) is 2.21. The normalized spacial score (nSPS) is 9.47. The predicted octanol–water partition coefficient (Wildman–Crippen LogP) is 2.76. The number of anilines is 1. The van der Waals surface area contributed by atoms with Crippen molar-refractivity contribution in [2.45, 2.75) is 20.8 Å². The summed E-state index contributed by atoms with van der Waals surface area (Å²) >= 11 is 0. The third-order valence-electron chi connectivity index (χ3n) is 1.47. The van der Waals surface area contributed by atoms with Gasteiger partial charge in [0.15, 0.2) is 0 Å². The Morgan fingerprint density at radius 3 is 2.27 bits per heavy atom. The van der Waals surface area contributed by atoms with Gasteiger partial charge < -0.3 is 11.1 Å². The van der Waals surface area contributed by atoms with E-state index in [1.807, 2.05) is 45.2 Å². The molecule has 1 aromatic carbocycles. The molecule has 0 aromatic heterocycles. The Hall–Kier alpha value is -0.926. The number of benzene rings is 1. The molecule has 0 amide bonds. The van der Waals surface area contributed by atoms with Crippen molar-refractivity contribution < 1.29 is 18.6 Å². The molecule has 4 heteroatoms. The van der Waals surface area contributed by atoms with Crippen molar-refractivity contribution in [3.8, 4) is 0 Å². The molecule has 0 fully saturated rings. The second-order valence-electron chi connectivity index (χ2n) is 2.52. The van der Waals surface area contributed by atoms with Crippen molar-refractivity contribution in [1.82, 2.24) is 0 Å². The Morgan fingerprint density at radius 2 is 1.80 bits per heavy atom. The van der Waals surface area contributed by atoms with E-state index in [2.05, 4.69) is 10.3 Å². The van der Waals surface area contributed by atoms with Crippen molar-refractivity contribution in [3.63, 3.8) is 0 Å². The van der Waals surface area contributed by atoms with Crippen LogP contribution in [0.1, 0.15) is 20.8 Å². The summed E-state index contributed by atoms with van der Waals surface area (Å²) in [4.78, 5) is 4.16. The molecule has 3 N–H and O–H groups in total. The maximum absolute atomic E-state index is 5.47. The van der Waals surface area contributed by atoms with E-state index in [-0.39, 0.29) is 18.6 Å². The molecule has 0 unspecified atom stereocenters. The van der Waals surface area contributed by atoms with E-state index in [9.17, 15) is 0 Å². The summed E-state index contributed by atoms with van der Waals surface area (Å²) < 4.78 is 0. The van der Waals surface area contributed by atoms with E-state index < -0.39 is 0 Å². The van der Waals surface area contributed by atoms with E-state index in [0.717, 1.165) is 11.4 Å². The van der Waals surface area contributed by atoms with Crippen LogP contribution in [0.15, 0.2) is 29.3 Å². The monoisotopic (exact) mass is 244 g/mol. The Balaban J connectivity index is 0. The van der Waals surface area contributed by atoms with Gasteiger partial charge in [0, 0.05) is 25.6 Å². The number of amidine groups is 1. The molecule has 1 aromatic rings. The maximum atomic E-state index is 5.47. The molecule has 0 atom stereocenters. The van der Waals surface area contributed by atoms with E-state index in [1.54, 1.807) is 6.92 Å². The van der Waals surface area contributed by atoms with E-state index in [4.69, 9.17) is 5.73 Å². The summed E-state index contributed by atoms with van der Waals surface area (Å²) in [6.45, 7) is 5.77. The van der Waals surface area contributed by atoms with Gasteiger partial charge in [-0.2, -0.15) is 0 Å². The molecular weight excluding hydrogens is 225 g/mol. The molecule has 1 radical (unpaired) electrons. The Bertz CT molecular complexity index is 294. The minimum absolute atomic E-state index is 0. The second-order valence-corrected chi connectivity index (χ2v) is 2.52. The number of aliphatic imine (C=N–C) groups is 1. The van der Waals surface area contributed by atoms with Gasteiger partial charge in [-0.15, -0.1) is 0 Å². The molecular formula is C11H19N3V. The predicted molar refractivity (Wildman–Crippen MR) is 64.3 cm³/mol. The van der Waals surface area contributed by atoms with Crippen LogP contribution in [-0.2, 0) is 18.6 Å². The first kappa shape index (κ1) is 16.5. The van der Waals surface area contributed by atoms with Crippen molar-refractivity contribution in [2.75, 3.05) is 12.4 Å². The van der Waals surface area contributed by atoms with Gasteiger partial charge in [-0.3, -0.25) is 0 Å². The van der Waals surface area contributed by atoms with Gasteiger partial charge in [-0.05, 0) is 19.1 Å². The van der Waals surface area contributed by atoms with E-state index in [1.165, 1.54) is 0 Å². The van der Waals surface area contributed by atoms with Gasteiger partial charge in [0.05, 0.1) is 17.2 Å². The van der Waals surface area contributed by atoms with Crippen molar-refractivity contribution in [3.05, 3.63) is 24.3 Å². The number of hydrogen-bond acceptors (Lipinski definition) is 2. The van der Waals surface area contributed by atoms with Gasteiger partial charge in [0.2, 0.25) is 0 Å². The maximum Gasteiger partial charge on any atom is 0.0965 e. The molecule has 0 bridgehead atoms. The summed E-state index contributed by atoms with van der Waals surface area (Å²) in [5.41, 5.74) is 7.33. The number of nitrogens with one attached hydrogen (secondary N) is 1. The minimum atomic E-state index is 0.